The Labute approximate surface area is 300 Å². The second-order valence-corrected chi connectivity index (χ2v) is 12.9. The lowest BCUT2D eigenvalue weighted by atomic mass is 9.93. The Kier molecular flexibility index (Phi) is 9.32. The number of aryl methyl sites for hydroxylation is 2. The van der Waals surface area contributed by atoms with Crippen molar-refractivity contribution in [3.8, 4) is 33.5 Å². The van der Waals surface area contributed by atoms with Crippen LogP contribution in [0.1, 0.15) is 48.1 Å². The third kappa shape index (κ3) is 6.21. The molecule has 0 saturated heterocycles. The van der Waals surface area contributed by atoms with E-state index in [9.17, 15) is 0 Å². The summed E-state index contributed by atoms with van der Waals surface area (Å²) in [5.41, 5.74) is 18.3. The van der Waals surface area contributed by atoms with Crippen molar-refractivity contribution in [2.75, 3.05) is 5.32 Å². The number of anilines is 1. The molecule has 0 unspecified atom stereocenters. The molecule has 0 atom stereocenters. The minimum Gasteiger partial charge on any atom is -0.354 e. The molecule has 0 radical (unpaired) electrons. The maximum atomic E-state index is 8.55. The molecule has 3 N–H and O–H groups in total. The van der Waals surface area contributed by atoms with E-state index in [4.69, 9.17) is 10.4 Å². The summed E-state index contributed by atoms with van der Waals surface area (Å²) in [5, 5.41) is 13.3. The Hall–Kier alpha value is -6.26. The number of nitrogens with zero attached hydrogens (tertiary/aromatic N) is 1. The Morgan fingerprint density at radius 2 is 1.55 bits per heavy atom. The highest BCUT2D eigenvalue weighted by atomic mass is 14.9. The standard InChI is InChI=1S/C47H42N4/c1-6-15-36(41(48)8-3)46(32-18-10-9-11-19-32)50-29-49-42-22-13-12-20-35(42)39-27-33(24-23-30(39)4)34-25-26-43-40(28-34)45-37(16-7-2)44-31(5)17-14-21-38(44)47(45)51-43/h6,8-29,48,51H,3,7H2,1-2,4-5H3,(H,49,50)/b15-6-,37-16+,46-36-,48-41?. The number of benzene rings is 5. The van der Waals surface area contributed by atoms with Crippen LogP contribution in [0.25, 0.3) is 55.7 Å². The molecule has 0 spiro atoms. The van der Waals surface area contributed by atoms with Gasteiger partial charge < -0.3 is 15.7 Å². The first-order chi connectivity index (χ1) is 24.9. The van der Waals surface area contributed by atoms with Gasteiger partial charge in [0.15, 0.2) is 0 Å². The van der Waals surface area contributed by atoms with Crippen molar-refractivity contribution >= 4 is 39.9 Å². The number of nitrogens with one attached hydrogen (secondary N) is 3. The van der Waals surface area contributed by atoms with Gasteiger partial charge in [0, 0.05) is 44.4 Å². The van der Waals surface area contributed by atoms with Crippen LogP contribution in [0.15, 0.2) is 151 Å². The number of para-hydroxylation sites is 1. The summed E-state index contributed by atoms with van der Waals surface area (Å²) in [6.07, 6.45) is 10.5. The molecule has 0 amide bonds. The molecule has 4 nitrogen and oxygen atoms in total. The van der Waals surface area contributed by atoms with Crippen molar-refractivity contribution < 1.29 is 0 Å². The highest BCUT2D eigenvalue weighted by molar-refractivity contribution is 6.14. The van der Waals surface area contributed by atoms with Crippen LogP contribution in [0.4, 0.5) is 5.69 Å². The monoisotopic (exact) mass is 662 g/mol. The van der Waals surface area contributed by atoms with Crippen LogP contribution in [-0.4, -0.2) is 17.0 Å². The molecule has 4 heteroatoms. The topological polar surface area (TPSA) is 64.0 Å². The zero-order chi connectivity index (χ0) is 35.5. The first-order valence-electron chi connectivity index (χ1n) is 17.5. The summed E-state index contributed by atoms with van der Waals surface area (Å²) >= 11 is 0. The SMILES string of the molecule is C=CC(=N)C(/C=C\C)=C(\N=CNc1ccccc1-c1cc(-c2ccc3[nH]c4c(c3c2)/C(=C/CC)c2c(C)cccc2-4)ccc1C)c1ccccc1. The van der Waals surface area contributed by atoms with Gasteiger partial charge in [-0.25, -0.2) is 4.99 Å². The van der Waals surface area contributed by atoms with Gasteiger partial charge in [0.1, 0.15) is 0 Å². The van der Waals surface area contributed by atoms with Crippen molar-refractivity contribution in [1.82, 2.24) is 4.98 Å². The molecule has 0 aliphatic heterocycles. The fourth-order valence-electron chi connectivity index (χ4n) is 7.19. The molecule has 1 aliphatic carbocycles. The highest BCUT2D eigenvalue weighted by Gasteiger charge is 2.28. The maximum Gasteiger partial charge on any atom is 0.0931 e. The Bertz CT molecular complexity index is 2430. The summed E-state index contributed by atoms with van der Waals surface area (Å²) < 4.78 is 0. The van der Waals surface area contributed by atoms with Crippen LogP contribution < -0.4 is 5.32 Å². The third-order valence-corrected chi connectivity index (χ3v) is 9.62. The van der Waals surface area contributed by atoms with E-state index in [-0.39, 0.29) is 0 Å². The quantitative estimate of drug-likeness (QED) is 0.0762. The average molecular weight is 663 g/mol. The van der Waals surface area contributed by atoms with E-state index in [1.807, 2.05) is 55.5 Å². The normalized spacial score (nSPS) is 13.5. The first kappa shape index (κ1) is 33.2. The zero-order valence-corrected chi connectivity index (χ0v) is 29.6. The van der Waals surface area contributed by atoms with Gasteiger partial charge in [-0.15, -0.1) is 0 Å². The van der Waals surface area contributed by atoms with Gasteiger partial charge >= 0.3 is 0 Å². The lowest BCUT2D eigenvalue weighted by molar-refractivity contribution is 1.23. The molecule has 7 rings (SSSR count). The number of fused-ring (bicyclic) bond motifs is 5. The molecule has 1 aromatic heterocycles. The lowest BCUT2D eigenvalue weighted by Gasteiger charge is -2.14. The first-order valence-corrected chi connectivity index (χ1v) is 17.5. The smallest absolute Gasteiger partial charge is 0.0931 e. The number of aromatic nitrogens is 1. The van der Waals surface area contributed by atoms with Crippen molar-refractivity contribution in [3.63, 3.8) is 0 Å². The predicted molar refractivity (Wildman–Crippen MR) is 220 cm³/mol. The van der Waals surface area contributed by atoms with Crippen LogP contribution in [0.2, 0.25) is 0 Å². The minimum atomic E-state index is 0.317. The van der Waals surface area contributed by atoms with E-state index < -0.39 is 0 Å². The minimum absolute atomic E-state index is 0.317. The fraction of sp³-hybridized carbons (Fsp3) is 0.106. The van der Waals surface area contributed by atoms with Crippen molar-refractivity contribution in [2.45, 2.75) is 34.1 Å². The van der Waals surface area contributed by atoms with Gasteiger partial charge in [-0.05, 0) is 96.5 Å². The lowest BCUT2D eigenvalue weighted by Crippen LogP contribution is -2.02. The number of H-pyrrole nitrogens is 1. The maximum absolute atomic E-state index is 8.55. The van der Waals surface area contributed by atoms with Crippen molar-refractivity contribution in [2.24, 2.45) is 4.99 Å². The van der Waals surface area contributed by atoms with Crippen molar-refractivity contribution in [1.29, 1.82) is 5.41 Å². The molecule has 1 aliphatic rings. The number of aromatic amines is 1. The molecule has 5 aromatic carbocycles. The van der Waals surface area contributed by atoms with Crippen molar-refractivity contribution in [3.05, 3.63) is 173 Å². The van der Waals surface area contributed by atoms with Gasteiger partial charge in [0.2, 0.25) is 0 Å². The summed E-state index contributed by atoms with van der Waals surface area (Å²) in [6, 6.07) is 38.4. The Morgan fingerprint density at radius 3 is 2.33 bits per heavy atom. The van der Waals surface area contributed by atoms with Gasteiger partial charge in [0.05, 0.1) is 23.4 Å². The fourth-order valence-corrected chi connectivity index (χ4v) is 7.19. The molecule has 1 heterocycles. The van der Waals surface area contributed by atoms with E-state index in [1.165, 1.54) is 50.0 Å². The van der Waals surface area contributed by atoms with Gasteiger partial charge in [0.25, 0.3) is 0 Å². The molecule has 250 valence electrons. The summed E-state index contributed by atoms with van der Waals surface area (Å²) in [4.78, 5) is 8.64. The Morgan fingerprint density at radius 1 is 0.804 bits per heavy atom. The molecule has 51 heavy (non-hydrogen) atoms. The third-order valence-electron chi connectivity index (χ3n) is 9.62. The van der Waals surface area contributed by atoms with Gasteiger partial charge in [-0.2, -0.15) is 0 Å². The number of hydrogen-bond donors (Lipinski definition) is 3. The second-order valence-electron chi connectivity index (χ2n) is 12.9. The predicted octanol–water partition coefficient (Wildman–Crippen LogP) is 12.6. The van der Waals surface area contributed by atoms with Crippen LogP contribution in [0.5, 0.6) is 0 Å². The number of aliphatic imine (C=N–C) groups is 1. The molecule has 0 saturated carbocycles. The number of allylic oxidation sites excluding steroid dienone is 5. The van der Waals surface area contributed by atoms with Gasteiger partial charge in [-0.3, -0.25) is 0 Å². The van der Waals surface area contributed by atoms with E-state index >= 15 is 0 Å². The summed E-state index contributed by atoms with van der Waals surface area (Å²) in [7, 11) is 0. The van der Waals surface area contributed by atoms with Gasteiger partial charge in [-0.1, -0.05) is 117 Å². The van der Waals surface area contributed by atoms with Crippen LogP contribution in [0.3, 0.4) is 0 Å². The zero-order valence-electron chi connectivity index (χ0n) is 29.6. The van der Waals surface area contributed by atoms with Crippen LogP contribution in [0, 0.1) is 19.3 Å². The molecule has 0 bridgehead atoms. The van der Waals surface area contributed by atoms with Crippen LogP contribution >= 0.6 is 0 Å². The molecular formula is C47H42N4. The van der Waals surface area contributed by atoms with E-state index in [0.717, 1.165) is 39.9 Å². The summed E-state index contributed by atoms with van der Waals surface area (Å²) in [6.45, 7) is 12.4. The number of hydrogen-bond acceptors (Lipinski definition) is 2. The van der Waals surface area contributed by atoms with Crippen LogP contribution in [-0.2, 0) is 0 Å². The number of rotatable bonds is 10. The van der Waals surface area contributed by atoms with E-state index in [1.54, 1.807) is 12.4 Å². The largest absolute Gasteiger partial charge is 0.354 e. The summed E-state index contributed by atoms with van der Waals surface area (Å²) in [5.74, 6) is 0. The Balaban J connectivity index is 1.26. The average Bonchev–Trinajstić information content (AvgIpc) is 3.68. The van der Waals surface area contributed by atoms with E-state index in [2.05, 4.69) is 117 Å². The second kappa shape index (κ2) is 14.3. The molecule has 6 aromatic rings. The highest BCUT2D eigenvalue weighted by Crippen LogP contribution is 2.49. The molecule has 0 fully saturated rings. The van der Waals surface area contributed by atoms with E-state index in [0.29, 0.717) is 17.0 Å². The molecular weight excluding hydrogens is 621 g/mol.